The number of aromatic nitrogens is 3. The molecule has 180 valence electrons. The maximum atomic E-state index is 14.1. The summed E-state index contributed by atoms with van der Waals surface area (Å²) in [5.74, 6) is 0.367. The van der Waals surface area contributed by atoms with E-state index in [0.717, 1.165) is 47.7 Å². The Bertz CT molecular complexity index is 1440. The summed E-state index contributed by atoms with van der Waals surface area (Å²) >= 11 is 0. The van der Waals surface area contributed by atoms with Crippen LogP contribution in [0.5, 0.6) is 5.75 Å². The fourth-order valence-electron chi connectivity index (χ4n) is 4.41. The molecule has 2 N–H and O–H groups in total. The van der Waals surface area contributed by atoms with E-state index in [1.165, 1.54) is 11.6 Å². The molecule has 2 aromatic heterocycles. The third-order valence-corrected chi connectivity index (χ3v) is 6.46. The summed E-state index contributed by atoms with van der Waals surface area (Å²) in [6, 6.07) is 14.7. The van der Waals surface area contributed by atoms with Crippen molar-refractivity contribution in [2.24, 2.45) is 7.05 Å². The van der Waals surface area contributed by atoms with E-state index in [2.05, 4.69) is 27.0 Å². The second kappa shape index (κ2) is 9.38. The highest BCUT2D eigenvalue weighted by molar-refractivity contribution is 5.91. The average molecular weight is 475 g/mol. The number of carboxylic acid groups (broad SMARTS) is 1. The van der Waals surface area contributed by atoms with Gasteiger partial charge in [0.15, 0.2) is 5.65 Å². The van der Waals surface area contributed by atoms with E-state index in [1.54, 1.807) is 12.1 Å². The highest BCUT2D eigenvalue weighted by Crippen LogP contribution is 2.27. The number of aryl methyl sites for hydroxylation is 2. The molecule has 1 aliphatic heterocycles. The minimum absolute atomic E-state index is 0.144. The quantitative estimate of drug-likeness (QED) is 0.398. The number of aromatic carboxylic acids is 1. The number of H-pyrrole nitrogens is 1. The number of halogens is 1. The van der Waals surface area contributed by atoms with E-state index in [9.17, 15) is 9.18 Å². The standard InChI is InChI=1S/C27H27FN4O3/c1-17-6-7-20(22(28)12-17)16-35-21-5-3-4-19(13-21)18-8-10-32(11-9-18)15-25-30-26-24(31(25)2)14-23(29-26)27(33)34/h3-8,12-14,29H,9-11,15-16H2,1-2H3,(H,33,34). The number of nitrogens with one attached hydrogen (secondary N) is 1. The summed E-state index contributed by atoms with van der Waals surface area (Å²) in [5, 5.41) is 9.16. The lowest BCUT2D eigenvalue weighted by Gasteiger charge is -2.26. The van der Waals surface area contributed by atoms with E-state index in [1.807, 2.05) is 42.8 Å². The van der Waals surface area contributed by atoms with E-state index in [4.69, 9.17) is 9.84 Å². The number of carbonyl (C=O) groups is 1. The number of hydrogen-bond donors (Lipinski definition) is 2. The van der Waals surface area contributed by atoms with Crippen molar-refractivity contribution in [3.63, 3.8) is 0 Å². The molecule has 0 unspecified atom stereocenters. The van der Waals surface area contributed by atoms with Crippen LogP contribution in [0.15, 0.2) is 54.6 Å². The Balaban J connectivity index is 1.23. The Morgan fingerprint density at radius 3 is 2.80 bits per heavy atom. The molecule has 7 nitrogen and oxygen atoms in total. The van der Waals surface area contributed by atoms with Crippen LogP contribution in [-0.2, 0) is 20.2 Å². The maximum absolute atomic E-state index is 14.1. The molecule has 0 saturated heterocycles. The summed E-state index contributed by atoms with van der Waals surface area (Å²) in [4.78, 5) is 20.9. The molecular weight excluding hydrogens is 447 g/mol. The van der Waals surface area contributed by atoms with Crippen molar-refractivity contribution in [1.29, 1.82) is 0 Å². The summed E-state index contributed by atoms with van der Waals surface area (Å²) in [6.45, 7) is 4.40. The summed E-state index contributed by atoms with van der Waals surface area (Å²) < 4.78 is 21.9. The molecule has 3 heterocycles. The molecule has 0 atom stereocenters. The van der Waals surface area contributed by atoms with Crippen molar-refractivity contribution in [3.05, 3.63) is 88.6 Å². The monoisotopic (exact) mass is 474 g/mol. The lowest BCUT2D eigenvalue weighted by Crippen LogP contribution is -2.29. The number of carboxylic acids is 1. The number of ether oxygens (including phenoxy) is 1. The Labute approximate surface area is 202 Å². The molecule has 0 aliphatic carbocycles. The van der Waals surface area contributed by atoms with Crippen LogP contribution >= 0.6 is 0 Å². The van der Waals surface area contributed by atoms with E-state index in [0.29, 0.717) is 17.8 Å². The minimum atomic E-state index is -0.991. The van der Waals surface area contributed by atoms with Crippen LogP contribution in [0.1, 0.15) is 39.4 Å². The smallest absolute Gasteiger partial charge is 0.352 e. The largest absolute Gasteiger partial charge is 0.489 e. The Morgan fingerprint density at radius 2 is 2.09 bits per heavy atom. The van der Waals surface area contributed by atoms with E-state index >= 15 is 0 Å². The van der Waals surface area contributed by atoms with Gasteiger partial charge in [-0.2, -0.15) is 0 Å². The van der Waals surface area contributed by atoms with E-state index in [-0.39, 0.29) is 18.1 Å². The van der Waals surface area contributed by atoms with Gasteiger partial charge in [-0.1, -0.05) is 30.3 Å². The molecule has 0 radical (unpaired) electrons. The molecule has 0 saturated carbocycles. The number of rotatable bonds is 7. The number of benzene rings is 2. The Kier molecular flexibility index (Phi) is 6.13. The summed E-state index contributed by atoms with van der Waals surface area (Å²) in [7, 11) is 1.91. The normalized spacial score (nSPS) is 14.3. The number of fused-ring (bicyclic) bond motifs is 1. The second-order valence-corrected chi connectivity index (χ2v) is 8.93. The molecule has 0 spiro atoms. The zero-order valence-corrected chi connectivity index (χ0v) is 19.7. The van der Waals surface area contributed by atoms with Gasteiger partial charge in [-0.3, -0.25) is 4.90 Å². The zero-order valence-electron chi connectivity index (χ0n) is 19.7. The van der Waals surface area contributed by atoms with Gasteiger partial charge < -0.3 is 19.4 Å². The van der Waals surface area contributed by atoms with Crippen LogP contribution in [0, 0.1) is 12.7 Å². The van der Waals surface area contributed by atoms with Gasteiger partial charge in [-0.15, -0.1) is 0 Å². The highest BCUT2D eigenvalue weighted by atomic mass is 19.1. The van der Waals surface area contributed by atoms with Crippen molar-refractivity contribution in [2.45, 2.75) is 26.5 Å². The lowest BCUT2D eigenvalue weighted by atomic mass is 9.99. The van der Waals surface area contributed by atoms with E-state index < -0.39 is 5.97 Å². The first-order chi connectivity index (χ1) is 16.9. The van der Waals surface area contributed by atoms with Gasteiger partial charge in [0.1, 0.15) is 29.7 Å². The first-order valence-electron chi connectivity index (χ1n) is 11.5. The Hall–Kier alpha value is -3.91. The maximum Gasteiger partial charge on any atom is 0.352 e. The van der Waals surface area contributed by atoms with Gasteiger partial charge in [0.05, 0.1) is 12.1 Å². The molecule has 2 aromatic carbocycles. The number of hydrogen-bond acceptors (Lipinski definition) is 4. The molecule has 0 fully saturated rings. The van der Waals surface area contributed by atoms with Crippen molar-refractivity contribution in [2.75, 3.05) is 13.1 Å². The molecule has 8 heteroatoms. The average Bonchev–Trinajstić information content (AvgIpc) is 3.39. The van der Waals surface area contributed by atoms with Crippen molar-refractivity contribution in [1.82, 2.24) is 19.4 Å². The first kappa shape index (κ1) is 22.9. The second-order valence-electron chi connectivity index (χ2n) is 8.93. The molecule has 0 bridgehead atoms. The number of aromatic amines is 1. The fourth-order valence-corrected chi connectivity index (χ4v) is 4.41. The van der Waals surface area contributed by atoms with Gasteiger partial charge in [0.25, 0.3) is 0 Å². The molecule has 4 aromatic rings. The van der Waals surface area contributed by atoms with Gasteiger partial charge in [0.2, 0.25) is 0 Å². The fraction of sp³-hybridized carbons (Fsp3) is 0.259. The number of imidazole rings is 1. The molecule has 5 rings (SSSR count). The van der Waals surface area contributed by atoms with Crippen LogP contribution in [0.4, 0.5) is 4.39 Å². The van der Waals surface area contributed by atoms with Gasteiger partial charge in [0, 0.05) is 25.7 Å². The molecular formula is C27H27FN4O3. The minimum Gasteiger partial charge on any atom is -0.489 e. The lowest BCUT2D eigenvalue weighted by molar-refractivity contribution is 0.0691. The van der Waals surface area contributed by atoms with Gasteiger partial charge in [-0.25, -0.2) is 14.2 Å². The number of nitrogens with zero attached hydrogens (tertiary/aromatic N) is 3. The molecule has 0 amide bonds. The Morgan fingerprint density at radius 1 is 1.23 bits per heavy atom. The van der Waals surface area contributed by atoms with Crippen LogP contribution in [0.25, 0.3) is 16.7 Å². The third-order valence-electron chi connectivity index (χ3n) is 6.46. The SMILES string of the molecule is Cc1ccc(COc2cccc(C3=CCN(Cc4nc5[nH]c(C(=O)O)cc5n4C)CC3)c2)c(F)c1. The molecule has 1 aliphatic rings. The predicted octanol–water partition coefficient (Wildman–Crippen LogP) is 4.92. The van der Waals surface area contributed by atoms with Crippen molar-refractivity contribution < 1.29 is 19.0 Å². The summed E-state index contributed by atoms with van der Waals surface area (Å²) in [5.41, 5.74) is 5.32. The van der Waals surface area contributed by atoms with Gasteiger partial charge >= 0.3 is 5.97 Å². The van der Waals surface area contributed by atoms with Crippen LogP contribution in [0.2, 0.25) is 0 Å². The van der Waals surface area contributed by atoms with Crippen LogP contribution < -0.4 is 4.74 Å². The van der Waals surface area contributed by atoms with Gasteiger partial charge in [-0.05, 0) is 54.3 Å². The molecule has 35 heavy (non-hydrogen) atoms. The summed E-state index contributed by atoms with van der Waals surface area (Å²) in [6.07, 6.45) is 3.11. The topological polar surface area (TPSA) is 83.4 Å². The van der Waals surface area contributed by atoms with Crippen molar-refractivity contribution >= 4 is 22.7 Å². The zero-order chi connectivity index (χ0) is 24.5. The first-order valence-corrected chi connectivity index (χ1v) is 11.5. The van der Waals surface area contributed by atoms with Crippen molar-refractivity contribution in [3.8, 4) is 5.75 Å². The van der Waals surface area contributed by atoms with Crippen LogP contribution in [-0.4, -0.2) is 43.6 Å². The van der Waals surface area contributed by atoms with Crippen LogP contribution in [0.3, 0.4) is 0 Å². The third kappa shape index (κ3) is 4.83. The highest BCUT2D eigenvalue weighted by Gasteiger charge is 2.19. The predicted molar refractivity (Wildman–Crippen MR) is 132 cm³/mol.